The summed E-state index contributed by atoms with van der Waals surface area (Å²) in [6.45, 7) is 3.96. The zero-order valence-electron chi connectivity index (χ0n) is 8.52. The highest BCUT2D eigenvalue weighted by Gasteiger charge is 2.06. The van der Waals surface area contributed by atoms with Crippen molar-refractivity contribution in [2.75, 3.05) is 6.61 Å². The van der Waals surface area contributed by atoms with E-state index in [9.17, 15) is 5.11 Å². The monoisotopic (exact) mass is 190 g/mol. The van der Waals surface area contributed by atoms with E-state index in [1.807, 2.05) is 24.3 Å². The summed E-state index contributed by atoms with van der Waals surface area (Å²) in [4.78, 5) is 0. The number of aliphatic hydroxyl groups excluding tert-OH is 1. The average Bonchev–Trinajstić information content (AvgIpc) is 2.25. The third-order valence-electron chi connectivity index (χ3n) is 2.40. The fourth-order valence-corrected chi connectivity index (χ4v) is 1.56. The van der Waals surface area contributed by atoms with Gasteiger partial charge < -0.3 is 5.11 Å². The number of rotatable bonds is 6. The molecule has 1 N–H and O–H groups in total. The number of allylic oxidation sites excluding steroid dienone is 1. The van der Waals surface area contributed by atoms with Gasteiger partial charge in [-0.2, -0.15) is 0 Å². The maximum absolute atomic E-state index is 9.18. The van der Waals surface area contributed by atoms with Gasteiger partial charge in [-0.1, -0.05) is 36.4 Å². The average molecular weight is 190 g/mol. The van der Waals surface area contributed by atoms with Gasteiger partial charge in [-0.15, -0.1) is 6.58 Å². The summed E-state index contributed by atoms with van der Waals surface area (Å²) in [5.41, 5.74) is 1.30. The summed E-state index contributed by atoms with van der Waals surface area (Å²) in [6.07, 6.45) is 4.88. The van der Waals surface area contributed by atoms with E-state index >= 15 is 0 Å². The molecule has 0 radical (unpaired) electrons. The van der Waals surface area contributed by atoms with Gasteiger partial charge >= 0.3 is 0 Å². The molecule has 0 saturated carbocycles. The summed E-state index contributed by atoms with van der Waals surface area (Å²) in [6, 6.07) is 10.3. The van der Waals surface area contributed by atoms with Crippen molar-refractivity contribution in [1.29, 1.82) is 0 Å². The van der Waals surface area contributed by atoms with E-state index in [4.69, 9.17) is 0 Å². The molecule has 0 aliphatic carbocycles. The Morgan fingerprint density at radius 1 is 1.29 bits per heavy atom. The second-order valence-corrected chi connectivity index (χ2v) is 3.60. The number of hydrogen-bond acceptors (Lipinski definition) is 1. The molecule has 0 spiro atoms. The van der Waals surface area contributed by atoms with Crippen LogP contribution in [0, 0.1) is 5.92 Å². The van der Waals surface area contributed by atoms with Gasteiger partial charge in [0.2, 0.25) is 0 Å². The Bertz CT molecular complexity index is 253. The first-order valence-electron chi connectivity index (χ1n) is 5.12. The predicted octanol–water partition coefficient (Wildman–Crippen LogP) is 2.80. The van der Waals surface area contributed by atoms with Crippen LogP contribution in [-0.4, -0.2) is 11.7 Å². The van der Waals surface area contributed by atoms with Crippen molar-refractivity contribution in [3.63, 3.8) is 0 Å². The van der Waals surface area contributed by atoms with E-state index in [0.29, 0.717) is 5.92 Å². The molecule has 0 bridgehead atoms. The van der Waals surface area contributed by atoms with Crippen LogP contribution in [0.4, 0.5) is 0 Å². The molecule has 0 aliphatic heterocycles. The maximum atomic E-state index is 9.18. The lowest BCUT2D eigenvalue weighted by Gasteiger charge is -2.12. The van der Waals surface area contributed by atoms with E-state index in [1.165, 1.54) is 5.56 Å². The second kappa shape index (κ2) is 6.39. The summed E-state index contributed by atoms with van der Waals surface area (Å²) in [5.74, 6) is 0.371. The highest BCUT2D eigenvalue weighted by atomic mass is 16.3. The van der Waals surface area contributed by atoms with Crippen molar-refractivity contribution in [2.24, 2.45) is 5.92 Å². The summed E-state index contributed by atoms with van der Waals surface area (Å²) in [7, 11) is 0. The van der Waals surface area contributed by atoms with Crippen LogP contribution in [0.1, 0.15) is 18.4 Å². The number of benzene rings is 1. The molecule has 0 unspecified atom stereocenters. The second-order valence-electron chi connectivity index (χ2n) is 3.60. The topological polar surface area (TPSA) is 20.2 Å². The van der Waals surface area contributed by atoms with Crippen molar-refractivity contribution >= 4 is 0 Å². The summed E-state index contributed by atoms with van der Waals surface area (Å²) in [5, 5.41) is 9.18. The van der Waals surface area contributed by atoms with Gasteiger partial charge in [0.05, 0.1) is 0 Å². The largest absolute Gasteiger partial charge is 0.396 e. The minimum absolute atomic E-state index is 0.267. The van der Waals surface area contributed by atoms with E-state index in [2.05, 4.69) is 18.7 Å². The van der Waals surface area contributed by atoms with E-state index in [0.717, 1.165) is 19.3 Å². The minimum atomic E-state index is 0.267. The van der Waals surface area contributed by atoms with Crippen LogP contribution < -0.4 is 0 Å². The van der Waals surface area contributed by atoms with Gasteiger partial charge in [0.1, 0.15) is 0 Å². The molecule has 1 nitrogen and oxygen atoms in total. The fraction of sp³-hybridized carbons (Fsp3) is 0.385. The first kappa shape index (κ1) is 11.0. The Hall–Kier alpha value is -1.08. The molecule has 0 aromatic heterocycles. The SMILES string of the molecule is C=CCC[C@@H](CO)Cc1ccccc1. The Kier molecular flexibility index (Phi) is 5.02. The molecule has 1 heteroatoms. The Labute approximate surface area is 86.1 Å². The first-order valence-corrected chi connectivity index (χ1v) is 5.12. The number of hydrogen-bond donors (Lipinski definition) is 1. The zero-order valence-corrected chi connectivity index (χ0v) is 8.52. The maximum Gasteiger partial charge on any atom is 0.0462 e. The molecular weight excluding hydrogens is 172 g/mol. The number of aliphatic hydroxyl groups is 1. The molecule has 0 amide bonds. The smallest absolute Gasteiger partial charge is 0.0462 e. The molecule has 1 aromatic rings. The molecule has 0 fully saturated rings. The van der Waals surface area contributed by atoms with Crippen LogP contribution in [0.25, 0.3) is 0 Å². The van der Waals surface area contributed by atoms with Gasteiger partial charge in [-0.25, -0.2) is 0 Å². The van der Waals surface area contributed by atoms with Gasteiger partial charge in [0.15, 0.2) is 0 Å². The van der Waals surface area contributed by atoms with Crippen molar-refractivity contribution in [2.45, 2.75) is 19.3 Å². The standard InChI is InChI=1S/C13H18O/c1-2-3-7-13(11-14)10-12-8-5-4-6-9-12/h2,4-6,8-9,13-14H,1,3,7,10-11H2/t13-/m1/s1. The molecule has 1 atom stereocenters. The lowest BCUT2D eigenvalue weighted by molar-refractivity contribution is 0.218. The Morgan fingerprint density at radius 3 is 2.57 bits per heavy atom. The van der Waals surface area contributed by atoms with Crippen molar-refractivity contribution < 1.29 is 5.11 Å². The van der Waals surface area contributed by atoms with Gasteiger partial charge in [0, 0.05) is 6.61 Å². The van der Waals surface area contributed by atoms with Crippen LogP contribution in [-0.2, 0) is 6.42 Å². The van der Waals surface area contributed by atoms with Gasteiger partial charge in [0.25, 0.3) is 0 Å². The third kappa shape index (κ3) is 3.75. The summed E-state index contributed by atoms with van der Waals surface area (Å²) >= 11 is 0. The van der Waals surface area contributed by atoms with Crippen LogP contribution in [0.5, 0.6) is 0 Å². The molecule has 1 aromatic carbocycles. The quantitative estimate of drug-likeness (QED) is 0.684. The lowest BCUT2D eigenvalue weighted by Crippen LogP contribution is -2.09. The van der Waals surface area contributed by atoms with Crippen molar-refractivity contribution in [1.82, 2.24) is 0 Å². The van der Waals surface area contributed by atoms with Crippen LogP contribution >= 0.6 is 0 Å². The highest BCUT2D eigenvalue weighted by molar-refractivity contribution is 5.15. The predicted molar refractivity (Wildman–Crippen MR) is 60.2 cm³/mol. The van der Waals surface area contributed by atoms with E-state index in [-0.39, 0.29) is 6.61 Å². The Morgan fingerprint density at radius 2 is 2.00 bits per heavy atom. The van der Waals surface area contributed by atoms with Crippen molar-refractivity contribution in [3.8, 4) is 0 Å². The highest BCUT2D eigenvalue weighted by Crippen LogP contribution is 2.13. The third-order valence-corrected chi connectivity index (χ3v) is 2.40. The molecule has 14 heavy (non-hydrogen) atoms. The van der Waals surface area contributed by atoms with Gasteiger partial charge in [-0.3, -0.25) is 0 Å². The van der Waals surface area contributed by atoms with Crippen LogP contribution in [0.3, 0.4) is 0 Å². The fourth-order valence-electron chi connectivity index (χ4n) is 1.56. The lowest BCUT2D eigenvalue weighted by atomic mass is 9.96. The normalized spacial score (nSPS) is 12.4. The van der Waals surface area contributed by atoms with E-state index < -0.39 is 0 Å². The molecule has 0 saturated heterocycles. The first-order chi connectivity index (χ1) is 6.86. The molecule has 76 valence electrons. The van der Waals surface area contributed by atoms with E-state index in [1.54, 1.807) is 0 Å². The van der Waals surface area contributed by atoms with Crippen LogP contribution in [0.15, 0.2) is 43.0 Å². The molecule has 0 aliphatic rings. The van der Waals surface area contributed by atoms with Crippen LogP contribution in [0.2, 0.25) is 0 Å². The molecule has 1 rings (SSSR count). The molecule has 0 heterocycles. The van der Waals surface area contributed by atoms with Gasteiger partial charge in [-0.05, 0) is 30.7 Å². The minimum Gasteiger partial charge on any atom is -0.396 e. The zero-order chi connectivity index (χ0) is 10.2. The Balaban J connectivity index is 2.44. The molecular formula is C13H18O. The van der Waals surface area contributed by atoms with Crippen molar-refractivity contribution in [3.05, 3.63) is 48.6 Å². The summed E-state index contributed by atoms with van der Waals surface area (Å²) < 4.78 is 0.